The van der Waals surface area contributed by atoms with Gasteiger partial charge >= 0.3 is 0 Å². The summed E-state index contributed by atoms with van der Waals surface area (Å²) in [5.41, 5.74) is 0.816. The Labute approximate surface area is 109 Å². The van der Waals surface area contributed by atoms with Gasteiger partial charge < -0.3 is 20.1 Å². The molecule has 0 aromatic heterocycles. The lowest BCUT2D eigenvalue weighted by atomic mass is 10.1. The number of ether oxygens (including phenoxy) is 2. The maximum Gasteiger partial charge on any atom is 0.253 e. The number of hydrogen-bond acceptors (Lipinski definition) is 4. The van der Waals surface area contributed by atoms with Gasteiger partial charge in [0.2, 0.25) is 0 Å². The number of thiocarbonyl (C=S) groups is 1. The predicted octanol–water partition coefficient (Wildman–Crippen LogP) is 0.893. The maximum absolute atomic E-state index is 11.7. The van der Waals surface area contributed by atoms with Crippen molar-refractivity contribution < 1.29 is 14.3 Å². The van der Waals surface area contributed by atoms with Gasteiger partial charge in [0.1, 0.15) is 6.04 Å². The van der Waals surface area contributed by atoms with E-state index in [9.17, 15) is 4.79 Å². The summed E-state index contributed by atoms with van der Waals surface area (Å²) in [6.45, 7) is 1.28. The van der Waals surface area contributed by atoms with E-state index in [1.54, 1.807) is 0 Å². The molecule has 18 heavy (non-hydrogen) atoms. The zero-order valence-electron chi connectivity index (χ0n) is 9.56. The monoisotopic (exact) mass is 264 g/mol. The number of fused-ring (bicyclic) bond motifs is 1. The molecule has 1 atom stereocenters. The van der Waals surface area contributed by atoms with Gasteiger partial charge in [0.25, 0.3) is 5.91 Å². The third-order valence-electron chi connectivity index (χ3n) is 2.88. The first-order valence-corrected chi connectivity index (χ1v) is 6.16. The van der Waals surface area contributed by atoms with E-state index in [4.69, 9.17) is 21.7 Å². The van der Waals surface area contributed by atoms with E-state index in [-0.39, 0.29) is 5.91 Å². The van der Waals surface area contributed by atoms with Crippen LogP contribution in [0.4, 0.5) is 0 Å². The Balaban J connectivity index is 1.92. The number of rotatable bonds is 1. The summed E-state index contributed by atoms with van der Waals surface area (Å²) in [6, 6.07) is 5.05. The van der Waals surface area contributed by atoms with Crippen molar-refractivity contribution >= 4 is 23.2 Å². The first-order chi connectivity index (χ1) is 8.74. The zero-order chi connectivity index (χ0) is 12.5. The number of amides is 1. The average molecular weight is 264 g/mol. The molecular formula is C12H12N2O3S. The third kappa shape index (κ3) is 1.99. The first-order valence-electron chi connectivity index (χ1n) is 5.75. The molecule has 0 spiro atoms. The van der Waals surface area contributed by atoms with Gasteiger partial charge in [-0.05, 0) is 29.9 Å². The van der Waals surface area contributed by atoms with Crippen LogP contribution in [0, 0.1) is 0 Å². The Kier molecular flexibility index (Phi) is 2.79. The normalized spacial score (nSPS) is 22.1. The summed E-state index contributed by atoms with van der Waals surface area (Å²) in [7, 11) is 0. The number of carbonyl (C=O) groups excluding carboxylic acids is 1. The molecule has 2 aliphatic heterocycles. The number of benzene rings is 1. The van der Waals surface area contributed by atoms with Crippen molar-refractivity contribution in [2.75, 3.05) is 13.2 Å². The summed E-state index contributed by atoms with van der Waals surface area (Å²) in [4.78, 5) is 11.7. The quantitative estimate of drug-likeness (QED) is 0.738. The summed E-state index contributed by atoms with van der Waals surface area (Å²) < 4.78 is 11.1. The Morgan fingerprint density at radius 1 is 1.22 bits per heavy atom. The number of carbonyl (C=O) groups is 1. The van der Waals surface area contributed by atoms with Gasteiger partial charge in [-0.15, -0.1) is 0 Å². The minimum Gasteiger partial charge on any atom is -0.490 e. The highest BCUT2D eigenvalue weighted by Crippen LogP contribution is 2.32. The Morgan fingerprint density at radius 3 is 2.72 bits per heavy atom. The lowest BCUT2D eigenvalue weighted by molar-refractivity contribution is -0.120. The lowest BCUT2D eigenvalue weighted by Crippen LogP contribution is -2.21. The maximum atomic E-state index is 11.7. The van der Waals surface area contributed by atoms with Crippen molar-refractivity contribution in [1.82, 2.24) is 10.6 Å². The standard InChI is InChI=1S/C12H12N2O3S/c15-11-10(13-12(18)14-11)7-2-3-8-9(6-7)17-5-1-4-16-8/h2-3,6,10H,1,4-5H2,(H2,13,14,15,18). The molecule has 0 aliphatic carbocycles. The summed E-state index contributed by atoms with van der Waals surface area (Å²) in [6.07, 6.45) is 0.857. The summed E-state index contributed by atoms with van der Waals surface area (Å²) >= 11 is 4.92. The van der Waals surface area contributed by atoms with Gasteiger partial charge in [-0.25, -0.2) is 0 Å². The Morgan fingerprint density at radius 2 is 2.00 bits per heavy atom. The van der Waals surface area contributed by atoms with Crippen LogP contribution in [0.15, 0.2) is 18.2 Å². The van der Waals surface area contributed by atoms with Crippen LogP contribution >= 0.6 is 12.2 Å². The van der Waals surface area contributed by atoms with Gasteiger partial charge in [0.15, 0.2) is 16.6 Å². The fourth-order valence-corrected chi connectivity index (χ4v) is 2.23. The van der Waals surface area contributed by atoms with Crippen LogP contribution in [0.1, 0.15) is 18.0 Å². The van der Waals surface area contributed by atoms with Crippen LogP contribution in [0.5, 0.6) is 11.5 Å². The van der Waals surface area contributed by atoms with Gasteiger partial charge in [0.05, 0.1) is 13.2 Å². The number of nitrogens with one attached hydrogen (secondary N) is 2. The van der Waals surface area contributed by atoms with Crippen molar-refractivity contribution in [3.63, 3.8) is 0 Å². The molecule has 2 aliphatic rings. The van der Waals surface area contributed by atoms with Crippen molar-refractivity contribution in [3.05, 3.63) is 23.8 Å². The highest BCUT2D eigenvalue weighted by molar-refractivity contribution is 7.80. The molecule has 6 heteroatoms. The molecule has 0 saturated carbocycles. The molecule has 2 N–H and O–H groups in total. The molecule has 3 rings (SSSR count). The average Bonchev–Trinajstić information content (AvgIpc) is 2.58. The molecule has 1 saturated heterocycles. The lowest BCUT2D eigenvalue weighted by Gasteiger charge is -2.12. The zero-order valence-corrected chi connectivity index (χ0v) is 10.4. The Hall–Kier alpha value is -1.82. The molecule has 0 bridgehead atoms. The SMILES string of the molecule is O=C1NC(=S)NC1c1ccc2c(c1)OCCCO2. The summed E-state index contributed by atoms with van der Waals surface area (Å²) in [5, 5.41) is 5.84. The molecular weight excluding hydrogens is 252 g/mol. The minimum absolute atomic E-state index is 0.144. The predicted molar refractivity (Wildman–Crippen MR) is 68.7 cm³/mol. The highest BCUT2D eigenvalue weighted by atomic mass is 32.1. The van der Waals surface area contributed by atoms with E-state index in [0.29, 0.717) is 24.1 Å². The van der Waals surface area contributed by atoms with Crippen molar-refractivity contribution in [2.45, 2.75) is 12.5 Å². The van der Waals surface area contributed by atoms with Gasteiger partial charge in [-0.1, -0.05) is 6.07 Å². The van der Waals surface area contributed by atoms with E-state index in [2.05, 4.69) is 10.6 Å². The third-order valence-corrected chi connectivity index (χ3v) is 3.10. The molecule has 94 valence electrons. The largest absolute Gasteiger partial charge is 0.490 e. The molecule has 5 nitrogen and oxygen atoms in total. The van der Waals surface area contributed by atoms with Gasteiger partial charge in [0, 0.05) is 6.42 Å². The Bertz CT molecular complexity index is 518. The second-order valence-electron chi connectivity index (χ2n) is 4.15. The number of hydrogen-bond donors (Lipinski definition) is 2. The first kappa shape index (κ1) is 11.3. The minimum atomic E-state index is -0.449. The fraction of sp³-hybridized carbons (Fsp3) is 0.333. The van der Waals surface area contributed by atoms with Crippen molar-refractivity contribution in [2.24, 2.45) is 0 Å². The fourth-order valence-electron chi connectivity index (χ4n) is 2.01. The molecule has 2 heterocycles. The van der Waals surface area contributed by atoms with Crippen LogP contribution in [0.3, 0.4) is 0 Å². The summed E-state index contributed by atoms with van der Waals surface area (Å²) in [5.74, 6) is 1.25. The van der Waals surface area contributed by atoms with Crippen molar-refractivity contribution in [1.29, 1.82) is 0 Å². The molecule has 1 amide bonds. The van der Waals surface area contributed by atoms with Gasteiger partial charge in [-0.3, -0.25) is 4.79 Å². The van der Waals surface area contributed by atoms with Crippen LogP contribution in [0.2, 0.25) is 0 Å². The van der Waals surface area contributed by atoms with E-state index >= 15 is 0 Å². The van der Waals surface area contributed by atoms with Crippen LogP contribution in [0.25, 0.3) is 0 Å². The van der Waals surface area contributed by atoms with E-state index in [1.165, 1.54) is 0 Å². The smallest absolute Gasteiger partial charge is 0.253 e. The van der Waals surface area contributed by atoms with E-state index < -0.39 is 6.04 Å². The second-order valence-corrected chi connectivity index (χ2v) is 4.56. The van der Waals surface area contributed by atoms with Gasteiger partial charge in [-0.2, -0.15) is 0 Å². The topological polar surface area (TPSA) is 59.6 Å². The van der Waals surface area contributed by atoms with E-state index in [0.717, 1.165) is 17.7 Å². The van der Waals surface area contributed by atoms with Crippen LogP contribution < -0.4 is 20.1 Å². The molecule has 1 unspecified atom stereocenters. The molecule has 1 aromatic carbocycles. The van der Waals surface area contributed by atoms with Crippen LogP contribution in [-0.2, 0) is 4.79 Å². The van der Waals surface area contributed by atoms with Crippen molar-refractivity contribution in [3.8, 4) is 11.5 Å². The molecule has 0 radical (unpaired) electrons. The van der Waals surface area contributed by atoms with E-state index in [1.807, 2.05) is 18.2 Å². The molecule has 1 fully saturated rings. The second kappa shape index (κ2) is 4.45. The van der Waals surface area contributed by atoms with Crippen LogP contribution in [-0.4, -0.2) is 24.2 Å². The highest BCUT2D eigenvalue weighted by Gasteiger charge is 2.29. The molecule has 1 aromatic rings.